The number of benzene rings is 1. The lowest BCUT2D eigenvalue weighted by molar-refractivity contribution is -0.117. The van der Waals surface area contributed by atoms with Gasteiger partial charge in [-0.25, -0.2) is 4.98 Å². The summed E-state index contributed by atoms with van der Waals surface area (Å²) in [6.45, 7) is 0.0281. The van der Waals surface area contributed by atoms with E-state index >= 15 is 0 Å². The summed E-state index contributed by atoms with van der Waals surface area (Å²) in [5, 5.41) is 5.12. The molecule has 0 atom stereocenters. The van der Waals surface area contributed by atoms with Crippen molar-refractivity contribution in [1.29, 1.82) is 0 Å². The number of ether oxygens (including phenoxy) is 1. The number of carbonyl (C=O) groups excluding carboxylic acids is 2. The molecule has 7 heteroatoms. The summed E-state index contributed by atoms with van der Waals surface area (Å²) in [4.78, 5) is 31.4. The molecule has 2 amide bonds. The largest absolute Gasteiger partial charge is 0.497 e. The minimum atomic E-state index is -0.221. The number of nitrogens with one attached hydrogen (secondary N) is 1. The van der Waals surface area contributed by atoms with Crippen LogP contribution in [-0.2, 0) is 4.79 Å². The second-order valence-corrected chi connectivity index (χ2v) is 7.24. The van der Waals surface area contributed by atoms with Crippen molar-refractivity contribution in [1.82, 2.24) is 9.88 Å². The van der Waals surface area contributed by atoms with Gasteiger partial charge in [0.1, 0.15) is 12.3 Å². The van der Waals surface area contributed by atoms with Crippen LogP contribution in [0.5, 0.6) is 5.75 Å². The summed E-state index contributed by atoms with van der Waals surface area (Å²) < 4.78 is 5.22. The van der Waals surface area contributed by atoms with E-state index in [1.807, 2.05) is 0 Å². The van der Waals surface area contributed by atoms with Crippen molar-refractivity contribution in [3.63, 3.8) is 0 Å². The number of nitrogens with zero attached hydrogens (tertiary/aromatic N) is 2. The predicted octanol–water partition coefficient (Wildman–Crippen LogP) is 3.57. The molecule has 26 heavy (non-hydrogen) atoms. The zero-order valence-electron chi connectivity index (χ0n) is 14.8. The Morgan fingerprint density at radius 1 is 1.31 bits per heavy atom. The fourth-order valence-corrected chi connectivity index (χ4v) is 3.83. The molecule has 1 aliphatic carbocycles. The first-order valence-electron chi connectivity index (χ1n) is 8.82. The van der Waals surface area contributed by atoms with Crippen LogP contribution >= 0.6 is 11.3 Å². The lowest BCUT2D eigenvalue weighted by Crippen LogP contribution is -2.45. The number of aromatic nitrogens is 1. The first-order chi connectivity index (χ1) is 12.7. The van der Waals surface area contributed by atoms with Crippen LogP contribution in [0.15, 0.2) is 35.8 Å². The van der Waals surface area contributed by atoms with Gasteiger partial charge >= 0.3 is 0 Å². The maximum absolute atomic E-state index is 13.1. The van der Waals surface area contributed by atoms with E-state index in [9.17, 15) is 9.59 Å². The van der Waals surface area contributed by atoms with Gasteiger partial charge in [0.15, 0.2) is 5.13 Å². The lowest BCUT2D eigenvalue weighted by Gasteiger charge is -2.34. The molecule has 1 N–H and O–H groups in total. The third-order valence-electron chi connectivity index (χ3n) is 4.59. The molecule has 2 aromatic rings. The van der Waals surface area contributed by atoms with Gasteiger partial charge < -0.3 is 15.0 Å². The maximum atomic E-state index is 13.1. The van der Waals surface area contributed by atoms with E-state index in [4.69, 9.17) is 4.74 Å². The number of anilines is 1. The molecule has 0 radical (unpaired) electrons. The molecular formula is C19H23N3O3S. The van der Waals surface area contributed by atoms with Crippen molar-refractivity contribution < 1.29 is 14.3 Å². The molecule has 1 aliphatic rings. The molecule has 1 fully saturated rings. The van der Waals surface area contributed by atoms with Crippen LogP contribution in [-0.4, -0.2) is 41.4 Å². The topological polar surface area (TPSA) is 71.5 Å². The van der Waals surface area contributed by atoms with E-state index in [1.54, 1.807) is 47.9 Å². The van der Waals surface area contributed by atoms with Gasteiger partial charge in [-0.1, -0.05) is 25.3 Å². The number of rotatable bonds is 6. The van der Waals surface area contributed by atoms with Crippen LogP contribution in [0.1, 0.15) is 42.5 Å². The lowest BCUT2D eigenvalue weighted by atomic mass is 9.93. The fourth-order valence-electron chi connectivity index (χ4n) is 3.28. The van der Waals surface area contributed by atoms with Crippen LogP contribution in [0.4, 0.5) is 5.13 Å². The first kappa shape index (κ1) is 18.4. The summed E-state index contributed by atoms with van der Waals surface area (Å²) in [6.07, 6.45) is 6.85. The first-order valence-corrected chi connectivity index (χ1v) is 9.69. The minimum absolute atomic E-state index is 0.0281. The Kier molecular flexibility index (Phi) is 6.22. The molecule has 1 aromatic carbocycles. The Hall–Kier alpha value is -2.41. The number of hydrogen-bond acceptors (Lipinski definition) is 5. The molecular weight excluding hydrogens is 350 g/mol. The highest BCUT2D eigenvalue weighted by Gasteiger charge is 2.28. The molecule has 0 saturated heterocycles. The summed E-state index contributed by atoms with van der Waals surface area (Å²) in [6, 6.07) is 7.16. The monoisotopic (exact) mass is 373 g/mol. The van der Waals surface area contributed by atoms with Crippen molar-refractivity contribution in [3.05, 3.63) is 41.4 Å². The summed E-state index contributed by atoms with van der Waals surface area (Å²) in [5.41, 5.74) is 0.539. The minimum Gasteiger partial charge on any atom is -0.497 e. The number of amides is 2. The summed E-state index contributed by atoms with van der Waals surface area (Å²) in [7, 11) is 1.57. The average Bonchev–Trinajstić information content (AvgIpc) is 3.19. The second-order valence-electron chi connectivity index (χ2n) is 6.34. The SMILES string of the molecule is COc1cccc(C(=O)N(CC(=O)Nc2nccs2)C2CCCCC2)c1. The van der Waals surface area contributed by atoms with Gasteiger partial charge in [0.25, 0.3) is 5.91 Å². The summed E-state index contributed by atoms with van der Waals surface area (Å²) in [5.74, 6) is 0.276. The van der Waals surface area contributed by atoms with Gasteiger partial charge in [-0.15, -0.1) is 11.3 Å². The highest BCUT2D eigenvalue weighted by atomic mass is 32.1. The third-order valence-corrected chi connectivity index (χ3v) is 5.27. The van der Waals surface area contributed by atoms with E-state index < -0.39 is 0 Å². The molecule has 1 heterocycles. The Balaban J connectivity index is 1.77. The molecule has 3 rings (SSSR count). The van der Waals surface area contributed by atoms with Crippen molar-refractivity contribution in [2.45, 2.75) is 38.1 Å². The van der Waals surface area contributed by atoms with Crippen LogP contribution in [0.25, 0.3) is 0 Å². The molecule has 0 aliphatic heterocycles. The van der Waals surface area contributed by atoms with Gasteiger partial charge in [-0.3, -0.25) is 9.59 Å². The van der Waals surface area contributed by atoms with E-state index in [1.165, 1.54) is 17.8 Å². The standard InChI is InChI=1S/C19H23N3O3S/c1-25-16-9-5-6-14(12-16)18(24)22(15-7-3-2-4-8-15)13-17(23)21-19-20-10-11-26-19/h5-6,9-12,15H,2-4,7-8,13H2,1H3,(H,20,21,23). The van der Waals surface area contributed by atoms with Crippen LogP contribution in [0.2, 0.25) is 0 Å². The van der Waals surface area contributed by atoms with Gasteiger partial charge in [-0.05, 0) is 31.0 Å². The van der Waals surface area contributed by atoms with Crippen molar-refractivity contribution >= 4 is 28.3 Å². The molecule has 6 nitrogen and oxygen atoms in total. The zero-order valence-corrected chi connectivity index (χ0v) is 15.6. The normalized spacial score (nSPS) is 14.7. The van der Waals surface area contributed by atoms with Gasteiger partial charge in [0.2, 0.25) is 5.91 Å². The summed E-state index contributed by atoms with van der Waals surface area (Å²) >= 11 is 1.36. The van der Waals surface area contributed by atoms with Gasteiger partial charge in [0.05, 0.1) is 7.11 Å². The molecule has 1 aromatic heterocycles. The number of methoxy groups -OCH3 is 1. The Morgan fingerprint density at radius 3 is 2.81 bits per heavy atom. The van der Waals surface area contributed by atoms with Crippen LogP contribution in [0.3, 0.4) is 0 Å². The van der Waals surface area contributed by atoms with E-state index in [-0.39, 0.29) is 24.4 Å². The number of thiazole rings is 1. The third kappa shape index (κ3) is 4.60. The van der Waals surface area contributed by atoms with Crippen LogP contribution < -0.4 is 10.1 Å². The van der Waals surface area contributed by atoms with Gasteiger partial charge in [0, 0.05) is 23.2 Å². The Labute approximate surface area is 157 Å². The van der Waals surface area contributed by atoms with Crippen molar-refractivity contribution in [3.8, 4) is 5.75 Å². The Morgan fingerprint density at radius 2 is 2.12 bits per heavy atom. The predicted molar refractivity (Wildman–Crippen MR) is 102 cm³/mol. The molecule has 0 bridgehead atoms. The quantitative estimate of drug-likeness (QED) is 0.840. The number of hydrogen-bond donors (Lipinski definition) is 1. The average molecular weight is 373 g/mol. The number of carbonyl (C=O) groups is 2. The van der Waals surface area contributed by atoms with E-state index in [0.717, 1.165) is 25.7 Å². The zero-order chi connectivity index (χ0) is 18.4. The molecule has 1 saturated carbocycles. The van der Waals surface area contributed by atoms with Crippen molar-refractivity contribution in [2.75, 3.05) is 19.0 Å². The smallest absolute Gasteiger partial charge is 0.254 e. The highest BCUT2D eigenvalue weighted by molar-refractivity contribution is 7.13. The molecule has 0 unspecified atom stereocenters. The molecule has 138 valence electrons. The van der Waals surface area contributed by atoms with Crippen LogP contribution in [0, 0.1) is 0 Å². The Bertz CT molecular complexity index is 742. The maximum Gasteiger partial charge on any atom is 0.254 e. The van der Waals surface area contributed by atoms with E-state index in [2.05, 4.69) is 10.3 Å². The van der Waals surface area contributed by atoms with E-state index in [0.29, 0.717) is 16.4 Å². The van der Waals surface area contributed by atoms with Crippen molar-refractivity contribution in [2.24, 2.45) is 0 Å². The highest BCUT2D eigenvalue weighted by Crippen LogP contribution is 2.25. The second kappa shape index (κ2) is 8.80. The molecule has 0 spiro atoms. The van der Waals surface area contributed by atoms with Gasteiger partial charge in [-0.2, -0.15) is 0 Å². The fraction of sp³-hybridized carbons (Fsp3) is 0.421.